The Balaban J connectivity index is 1.87. The number of rotatable bonds is 13. The van der Waals surface area contributed by atoms with Gasteiger partial charge < -0.3 is 39.8 Å². The molecule has 2 heterocycles. The molecule has 192 valence electrons. The number of methoxy groups -OCH3 is 1. The monoisotopic (exact) mass is 487 g/mol. The molecule has 0 radical (unpaired) electrons. The molecule has 1 amide bonds. The molecule has 1 aromatic heterocycles. The van der Waals surface area contributed by atoms with Gasteiger partial charge in [-0.25, -0.2) is 4.79 Å². The number of H-pyrrole nitrogens is 2. The summed E-state index contributed by atoms with van der Waals surface area (Å²) in [6.07, 6.45) is 0.0825. The predicted octanol–water partition coefficient (Wildman–Crippen LogP) is -1.48. The number of aromatic nitrogens is 2. The van der Waals surface area contributed by atoms with E-state index >= 15 is 0 Å². The number of carbonyl (C=O) groups excluding carboxylic acids is 2. The third-order valence-corrected chi connectivity index (χ3v) is 5.47. The lowest BCUT2D eigenvalue weighted by atomic mass is 9.97. The lowest BCUT2D eigenvalue weighted by Gasteiger charge is -2.42. The highest BCUT2D eigenvalue weighted by atomic mass is 16.7. The average Bonchev–Trinajstić information content (AvgIpc) is 2.81. The van der Waals surface area contributed by atoms with Crippen LogP contribution in [-0.4, -0.2) is 88.1 Å². The summed E-state index contributed by atoms with van der Waals surface area (Å²) in [4.78, 5) is 50.6. The maximum atomic E-state index is 12.5. The third-order valence-electron chi connectivity index (χ3n) is 5.47. The van der Waals surface area contributed by atoms with E-state index in [2.05, 4.69) is 15.0 Å². The van der Waals surface area contributed by atoms with Crippen molar-refractivity contribution in [1.29, 1.82) is 0 Å². The molecule has 1 aliphatic rings. The minimum atomic E-state index is -1.54. The molecule has 3 unspecified atom stereocenters. The van der Waals surface area contributed by atoms with E-state index in [1.54, 1.807) is 0 Å². The van der Waals surface area contributed by atoms with Crippen molar-refractivity contribution < 1.29 is 39.1 Å². The maximum absolute atomic E-state index is 12.5. The van der Waals surface area contributed by atoms with E-state index in [1.165, 1.54) is 7.11 Å². The molecule has 0 spiro atoms. The fourth-order valence-corrected chi connectivity index (χ4v) is 3.58. The third kappa shape index (κ3) is 8.33. The number of esters is 1. The second-order valence-corrected chi connectivity index (χ2v) is 8.03. The molecular formula is C21H33N3O10. The molecule has 5 atom stereocenters. The van der Waals surface area contributed by atoms with Gasteiger partial charge in [-0.1, -0.05) is 25.7 Å². The first-order valence-corrected chi connectivity index (χ1v) is 11.2. The van der Waals surface area contributed by atoms with Crippen molar-refractivity contribution in [3.8, 4) is 0 Å². The Bertz CT molecular complexity index is 873. The van der Waals surface area contributed by atoms with Gasteiger partial charge in [0.05, 0.1) is 13.7 Å². The van der Waals surface area contributed by atoms with Crippen LogP contribution in [0.3, 0.4) is 0 Å². The average molecular weight is 488 g/mol. The number of aliphatic hydroxyl groups is 3. The minimum absolute atomic E-state index is 0.221. The van der Waals surface area contributed by atoms with Crippen LogP contribution in [0.5, 0.6) is 0 Å². The summed E-state index contributed by atoms with van der Waals surface area (Å²) in [6.45, 7) is -0.353. The maximum Gasteiger partial charge on any atom is 0.326 e. The normalized spacial score (nSPS) is 24.5. The number of aliphatic hydroxyl groups excluding tert-OH is 3. The topological polar surface area (TPSA) is 200 Å². The van der Waals surface area contributed by atoms with Gasteiger partial charge in [0.25, 0.3) is 11.5 Å². The van der Waals surface area contributed by atoms with Crippen LogP contribution in [0, 0.1) is 0 Å². The number of unbranched alkanes of at least 4 members (excludes halogenated alkanes) is 5. The van der Waals surface area contributed by atoms with Gasteiger partial charge in [-0.15, -0.1) is 0 Å². The van der Waals surface area contributed by atoms with Crippen molar-refractivity contribution in [2.45, 2.75) is 75.6 Å². The minimum Gasteiger partial charge on any atom is -0.469 e. The molecular weight excluding hydrogens is 454 g/mol. The molecule has 1 fully saturated rings. The van der Waals surface area contributed by atoms with Crippen LogP contribution in [0.4, 0.5) is 0 Å². The largest absolute Gasteiger partial charge is 0.469 e. The number of nitrogens with one attached hydrogen (secondary N) is 3. The first-order chi connectivity index (χ1) is 16.3. The molecule has 0 aliphatic carbocycles. The van der Waals surface area contributed by atoms with Crippen molar-refractivity contribution in [2.75, 3.05) is 20.3 Å². The van der Waals surface area contributed by atoms with Crippen LogP contribution in [0.15, 0.2) is 15.7 Å². The van der Waals surface area contributed by atoms with Crippen LogP contribution in [0.25, 0.3) is 0 Å². The van der Waals surface area contributed by atoms with E-state index in [-0.39, 0.29) is 18.3 Å². The first-order valence-electron chi connectivity index (χ1n) is 11.2. The van der Waals surface area contributed by atoms with E-state index in [0.29, 0.717) is 12.8 Å². The van der Waals surface area contributed by atoms with E-state index in [9.17, 15) is 34.5 Å². The quantitative estimate of drug-likeness (QED) is 0.141. The standard InChI is InChI=1S/C21H33N3O10/c1-32-15(27)8-6-4-2-3-5-7-9-33-20-16(18(29)17(28)13(11-25)34-20)24-19(30)12-10-14(26)23-21(31)22-12/h10,13,16-18,20,25,28-29H,2-9,11H2,1H3,(H,24,30)(H2,22,23,26,31)/t13?,16?,17-,18?,20-/m1/s1. The molecule has 13 nitrogen and oxygen atoms in total. The summed E-state index contributed by atoms with van der Waals surface area (Å²) < 4.78 is 15.8. The Hall–Kier alpha value is -2.58. The lowest BCUT2D eigenvalue weighted by Crippen LogP contribution is -2.64. The number of aromatic amines is 2. The number of amides is 1. The summed E-state index contributed by atoms with van der Waals surface area (Å²) in [5.41, 5.74) is -2.00. The molecule has 1 saturated heterocycles. The molecule has 0 bridgehead atoms. The van der Waals surface area contributed by atoms with Crippen LogP contribution in [0.1, 0.15) is 55.4 Å². The number of carbonyl (C=O) groups is 2. The Morgan fingerprint density at radius 1 is 1.06 bits per heavy atom. The zero-order chi connectivity index (χ0) is 25.1. The highest BCUT2D eigenvalue weighted by Crippen LogP contribution is 2.23. The van der Waals surface area contributed by atoms with Crippen molar-refractivity contribution in [1.82, 2.24) is 15.3 Å². The molecule has 2 rings (SSSR count). The van der Waals surface area contributed by atoms with Crippen LogP contribution < -0.4 is 16.6 Å². The highest BCUT2D eigenvalue weighted by Gasteiger charge is 2.45. The van der Waals surface area contributed by atoms with Crippen molar-refractivity contribution in [3.63, 3.8) is 0 Å². The summed E-state index contributed by atoms with van der Waals surface area (Å²) in [5, 5.41) is 32.5. The van der Waals surface area contributed by atoms with Gasteiger partial charge in [-0.05, 0) is 12.8 Å². The number of hydrogen-bond donors (Lipinski definition) is 6. The van der Waals surface area contributed by atoms with E-state index in [1.807, 2.05) is 4.98 Å². The van der Waals surface area contributed by atoms with Crippen LogP contribution in [0.2, 0.25) is 0 Å². The molecule has 0 saturated carbocycles. The highest BCUT2D eigenvalue weighted by molar-refractivity contribution is 5.92. The van der Waals surface area contributed by atoms with Crippen LogP contribution >= 0.6 is 0 Å². The predicted molar refractivity (Wildman–Crippen MR) is 117 cm³/mol. The summed E-state index contributed by atoms with van der Waals surface area (Å²) in [6, 6.07) is -0.354. The van der Waals surface area contributed by atoms with E-state index < -0.39 is 54.4 Å². The zero-order valence-corrected chi connectivity index (χ0v) is 19.0. The van der Waals surface area contributed by atoms with Gasteiger partial charge in [0.2, 0.25) is 0 Å². The molecule has 0 aromatic carbocycles. The molecule has 1 aliphatic heterocycles. The number of ether oxygens (including phenoxy) is 3. The van der Waals surface area contributed by atoms with Gasteiger partial charge in [-0.3, -0.25) is 19.4 Å². The van der Waals surface area contributed by atoms with Gasteiger partial charge in [0, 0.05) is 19.1 Å². The second kappa shape index (κ2) is 14.0. The van der Waals surface area contributed by atoms with Gasteiger partial charge in [0.1, 0.15) is 30.0 Å². The second-order valence-electron chi connectivity index (χ2n) is 8.03. The molecule has 13 heteroatoms. The Labute approximate surface area is 195 Å². The summed E-state index contributed by atoms with van der Waals surface area (Å²) in [5.74, 6) is -1.10. The molecule has 1 aromatic rings. The molecule has 6 N–H and O–H groups in total. The zero-order valence-electron chi connectivity index (χ0n) is 19.0. The van der Waals surface area contributed by atoms with Gasteiger partial charge in [0.15, 0.2) is 6.29 Å². The van der Waals surface area contributed by atoms with E-state index in [4.69, 9.17) is 9.47 Å². The van der Waals surface area contributed by atoms with Crippen molar-refractivity contribution in [2.24, 2.45) is 0 Å². The number of hydrogen-bond acceptors (Lipinski definition) is 10. The van der Waals surface area contributed by atoms with Crippen LogP contribution in [-0.2, 0) is 19.0 Å². The fraction of sp³-hybridized carbons (Fsp3) is 0.714. The smallest absolute Gasteiger partial charge is 0.326 e. The van der Waals surface area contributed by atoms with E-state index in [0.717, 1.165) is 38.2 Å². The van der Waals surface area contributed by atoms with Crippen molar-refractivity contribution >= 4 is 11.9 Å². The first kappa shape index (κ1) is 27.7. The summed E-state index contributed by atoms with van der Waals surface area (Å²) >= 11 is 0. The van der Waals surface area contributed by atoms with Crippen molar-refractivity contribution in [3.05, 3.63) is 32.6 Å². The fourth-order valence-electron chi connectivity index (χ4n) is 3.58. The SMILES string of the molecule is COC(=O)CCCCCCCCO[C@@H]1OC(CO)[C@@H](O)C(O)C1NC(=O)c1cc(=O)[nH]c(=O)[nH]1. The van der Waals surface area contributed by atoms with Gasteiger partial charge >= 0.3 is 11.7 Å². The van der Waals surface area contributed by atoms with Gasteiger partial charge in [-0.2, -0.15) is 0 Å². The lowest BCUT2D eigenvalue weighted by molar-refractivity contribution is -0.269. The summed E-state index contributed by atoms with van der Waals surface area (Å²) in [7, 11) is 1.36. The Morgan fingerprint density at radius 2 is 1.74 bits per heavy atom. The Kier molecular flexibility index (Phi) is 11.4. The Morgan fingerprint density at radius 3 is 2.38 bits per heavy atom. The molecule has 34 heavy (non-hydrogen) atoms.